The highest BCUT2D eigenvalue weighted by atomic mass is 16.6. The van der Waals surface area contributed by atoms with E-state index in [-0.39, 0.29) is 6.42 Å². The standard InChI is InChI=1S/C20H25NO4/c1-20(2,3)25-19(24)21-17(18(22)23)13-14-9-11-16(12-10-14)15-7-5-4-6-8-15/h4-12,17-18,22-23H,13H2,1-3H3,(H,21,24). The first-order chi connectivity index (χ1) is 11.7. The molecule has 1 atom stereocenters. The molecule has 5 heteroatoms. The van der Waals surface area contributed by atoms with E-state index in [1.807, 2.05) is 54.6 Å². The lowest BCUT2D eigenvalue weighted by molar-refractivity contribution is -0.0679. The van der Waals surface area contributed by atoms with E-state index in [0.29, 0.717) is 0 Å². The maximum Gasteiger partial charge on any atom is 0.408 e. The fraction of sp³-hybridized carbons (Fsp3) is 0.350. The number of carbonyl (C=O) groups is 1. The topological polar surface area (TPSA) is 78.8 Å². The molecule has 0 saturated carbocycles. The molecule has 0 radical (unpaired) electrons. The highest BCUT2D eigenvalue weighted by Gasteiger charge is 2.23. The second kappa shape index (κ2) is 8.14. The number of hydrogen-bond acceptors (Lipinski definition) is 4. The van der Waals surface area contributed by atoms with Crippen molar-refractivity contribution in [3.8, 4) is 11.1 Å². The Morgan fingerprint density at radius 1 is 1.00 bits per heavy atom. The molecule has 0 aliphatic carbocycles. The van der Waals surface area contributed by atoms with Gasteiger partial charge in [-0.3, -0.25) is 0 Å². The van der Waals surface area contributed by atoms with Gasteiger partial charge in [-0.2, -0.15) is 0 Å². The van der Waals surface area contributed by atoms with Crippen LogP contribution in [0.4, 0.5) is 4.79 Å². The first kappa shape index (κ1) is 19.0. The number of alkyl carbamates (subject to hydrolysis) is 1. The van der Waals surface area contributed by atoms with Gasteiger partial charge in [0.1, 0.15) is 5.60 Å². The molecule has 5 nitrogen and oxygen atoms in total. The summed E-state index contributed by atoms with van der Waals surface area (Å²) in [6, 6.07) is 16.9. The molecule has 3 N–H and O–H groups in total. The molecular formula is C20H25NO4. The molecule has 134 valence electrons. The van der Waals surface area contributed by atoms with Crippen LogP contribution in [0.15, 0.2) is 54.6 Å². The highest BCUT2D eigenvalue weighted by Crippen LogP contribution is 2.20. The summed E-state index contributed by atoms with van der Waals surface area (Å²) < 4.78 is 5.16. The molecule has 0 aliphatic rings. The van der Waals surface area contributed by atoms with E-state index in [1.54, 1.807) is 20.8 Å². The Morgan fingerprint density at radius 2 is 1.56 bits per heavy atom. The van der Waals surface area contributed by atoms with Crippen molar-refractivity contribution >= 4 is 6.09 Å². The summed E-state index contributed by atoms with van der Waals surface area (Å²) >= 11 is 0. The zero-order chi connectivity index (χ0) is 18.4. The summed E-state index contributed by atoms with van der Waals surface area (Å²) in [4.78, 5) is 11.8. The van der Waals surface area contributed by atoms with Gasteiger partial charge in [-0.05, 0) is 43.9 Å². The van der Waals surface area contributed by atoms with E-state index < -0.39 is 24.0 Å². The lowest BCUT2D eigenvalue weighted by Crippen LogP contribution is -2.46. The Morgan fingerprint density at radius 3 is 2.08 bits per heavy atom. The van der Waals surface area contributed by atoms with E-state index in [9.17, 15) is 15.0 Å². The molecule has 1 unspecified atom stereocenters. The fourth-order valence-corrected chi connectivity index (χ4v) is 2.41. The molecule has 0 aromatic heterocycles. The van der Waals surface area contributed by atoms with Crippen LogP contribution in [0.3, 0.4) is 0 Å². The van der Waals surface area contributed by atoms with Crippen LogP contribution < -0.4 is 5.32 Å². The fourth-order valence-electron chi connectivity index (χ4n) is 2.41. The van der Waals surface area contributed by atoms with Crippen LogP contribution >= 0.6 is 0 Å². The molecule has 0 fully saturated rings. The highest BCUT2D eigenvalue weighted by molar-refractivity contribution is 5.68. The minimum Gasteiger partial charge on any atom is -0.444 e. The summed E-state index contributed by atoms with van der Waals surface area (Å²) in [6.07, 6.45) is -2.07. The van der Waals surface area contributed by atoms with E-state index >= 15 is 0 Å². The van der Waals surface area contributed by atoms with E-state index in [0.717, 1.165) is 16.7 Å². The number of nitrogens with one attached hydrogen (secondary N) is 1. The average Bonchev–Trinajstić information content (AvgIpc) is 2.54. The van der Waals surface area contributed by atoms with Gasteiger partial charge in [0.15, 0.2) is 6.29 Å². The summed E-state index contributed by atoms with van der Waals surface area (Å²) in [5, 5.41) is 21.6. The maximum absolute atomic E-state index is 11.8. The molecule has 2 aromatic carbocycles. The van der Waals surface area contributed by atoms with Crippen LogP contribution in [0.1, 0.15) is 26.3 Å². The monoisotopic (exact) mass is 343 g/mol. The van der Waals surface area contributed by atoms with Crippen molar-refractivity contribution in [2.24, 2.45) is 0 Å². The second-order valence-corrected chi connectivity index (χ2v) is 6.93. The van der Waals surface area contributed by atoms with Gasteiger partial charge in [0.05, 0.1) is 6.04 Å². The maximum atomic E-state index is 11.8. The summed E-state index contributed by atoms with van der Waals surface area (Å²) in [6.45, 7) is 5.25. The summed E-state index contributed by atoms with van der Waals surface area (Å²) in [7, 11) is 0. The minimum atomic E-state index is -1.68. The van der Waals surface area contributed by atoms with Gasteiger partial charge >= 0.3 is 6.09 Å². The quantitative estimate of drug-likeness (QED) is 0.729. The van der Waals surface area contributed by atoms with Crippen LogP contribution in [0.5, 0.6) is 0 Å². The smallest absolute Gasteiger partial charge is 0.408 e. The zero-order valence-electron chi connectivity index (χ0n) is 14.8. The van der Waals surface area contributed by atoms with Crippen LogP contribution in [0.25, 0.3) is 11.1 Å². The number of amides is 1. The van der Waals surface area contributed by atoms with Crippen LogP contribution in [-0.2, 0) is 11.2 Å². The third-order valence-electron chi connectivity index (χ3n) is 3.58. The van der Waals surface area contributed by atoms with Crippen LogP contribution in [-0.4, -0.2) is 34.2 Å². The molecule has 2 rings (SSSR count). The first-order valence-electron chi connectivity index (χ1n) is 8.24. The predicted octanol–water partition coefficient (Wildman–Crippen LogP) is 3.10. The number of carbonyl (C=O) groups excluding carboxylic acids is 1. The molecule has 2 aromatic rings. The first-order valence-corrected chi connectivity index (χ1v) is 8.24. The Balaban J connectivity index is 2.03. The molecular weight excluding hydrogens is 318 g/mol. The number of benzene rings is 2. The van der Waals surface area contributed by atoms with Gasteiger partial charge in [-0.25, -0.2) is 4.79 Å². The Kier molecular flexibility index (Phi) is 6.17. The van der Waals surface area contributed by atoms with Gasteiger partial charge in [-0.15, -0.1) is 0 Å². The number of aliphatic hydroxyl groups is 2. The summed E-state index contributed by atoms with van der Waals surface area (Å²) in [5.74, 6) is 0. The molecule has 0 spiro atoms. The van der Waals surface area contributed by atoms with E-state index in [4.69, 9.17) is 4.74 Å². The third-order valence-corrected chi connectivity index (χ3v) is 3.58. The zero-order valence-corrected chi connectivity index (χ0v) is 14.8. The summed E-state index contributed by atoms with van der Waals surface area (Å²) in [5.41, 5.74) is 2.42. The largest absolute Gasteiger partial charge is 0.444 e. The van der Waals surface area contributed by atoms with Gasteiger partial charge in [0.2, 0.25) is 0 Å². The van der Waals surface area contributed by atoms with Crippen molar-refractivity contribution in [3.05, 3.63) is 60.2 Å². The van der Waals surface area contributed by atoms with Gasteiger partial charge in [0.25, 0.3) is 0 Å². The lowest BCUT2D eigenvalue weighted by atomic mass is 10.0. The number of rotatable bonds is 5. The van der Waals surface area contributed by atoms with Crippen LogP contribution in [0, 0.1) is 0 Å². The molecule has 1 amide bonds. The van der Waals surface area contributed by atoms with Crippen molar-refractivity contribution in [1.29, 1.82) is 0 Å². The van der Waals surface area contributed by atoms with Crippen LogP contribution in [0.2, 0.25) is 0 Å². The van der Waals surface area contributed by atoms with E-state index in [2.05, 4.69) is 5.32 Å². The molecule has 0 aliphatic heterocycles. The number of hydrogen-bond donors (Lipinski definition) is 3. The van der Waals surface area contributed by atoms with E-state index in [1.165, 1.54) is 0 Å². The van der Waals surface area contributed by atoms with Crippen molar-refractivity contribution in [2.75, 3.05) is 0 Å². The Bertz CT molecular complexity index is 675. The Hall–Kier alpha value is -2.37. The second-order valence-electron chi connectivity index (χ2n) is 6.93. The van der Waals surface area contributed by atoms with Crippen molar-refractivity contribution in [1.82, 2.24) is 5.32 Å². The SMILES string of the molecule is CC(C)(C)OC(=O)NC(Cc1ccc(-c2ccccc2)cc1)C(O)O. The lowest BCUT2D eigenvalue weighted by Gasteiger charge is -2.24. The number of aliphatic hydroxyl groups excluding tert-OH is 1. The molecule has 0 saturated heterocycles. The van der Waals surface area contributed by atoms with Gasteiger partial charge in [-0.1, -0.05) is 54.6 Å². The Labute approximate surface area is 148 Å². The third kappa shape index (κ3) is 6.21. The molecule has 0 heterocycles. The van der Waals surface area contributed by atoms with Crippen molar-refractivity contribution in [3.63, 3.8) is 0 Å². The average molecular weight is 343 g/mol. The van der Waals surface area contributed by atoms with Gasteiger partial charge in [0, 0.05) is 0 Å². The molecule has 0 bridgehead atoms. The van der Waals surface area contributed by atoms with Crippen molar-refractivity contribution in [2.45, 2.75) is 45.1 Å². The predicted molar refractivity (Wildman–Crippen MR) is 97.0 cm³/mol. The van der Waals surface area contributed by atoms with Crippen molar-refractivity contribution < 1.29 is 19.7 Å². The normalized spacial score (nSPS) is 12.7. The number of ether oxygens (including phenoxy) is 1. The molecule has 25 heavy (non-hydrogen) atoms. The minimum absolute atomic E-state index is 0.284. The van der Waals surface area contributed by atoms with Gasteiger partial charge < -0.3 is 20.3 Å².